The van der Waals surface area contributed by atoms with Crippen LogP contribution in [0.3, 0.4) is 0 Å². The van der Waals surface area contributed by atoms with Gasteiger partial charge in [-0.1, -0.05) is 18.2 Å². The van der Waals surface area contributed by atoms with E-state index in [-0.39, 0.29) is 18.3 Å². The second kappa shape index (κ2) is 8.70. The van der Waals surface area contributed by atoms with E-state index in [1.165, 1.54) is 11.8 Å². The predicted octanol–water partition coefficient (Wildman–Crippen LogP) is 4.14. The normalized spacial score (nSPS) is 10.2. The van der Waals surface area contributed by atoms with Gasteiger partial charge in [0.05, 0.1) is 17.9 Å². The topological polar surface area (TPSA) is 79.2 Å². The molecule has 7 heteroatoms. The van der Waals surface area contributed by atoms with Gasteiger partial charge in [-0.25, -0.2) is 4.79 Å². The predicted molar refractivity (Wildman–Crippen MR) is 100 cm³/mol. The number of amides is 1. The number of anilines is 1. The number of hydrogen-bond acceptors (Lipinski definition) is 6. The largest absolute Gasteiger partial charge is 0.462 e. The molecule has 0 fully saturated rings. The Balaban J connectivity index is 2.10. The average molecular weight is 374 g/mol. The first kappa shape index (κ1) is 19.0. The fraction of sp³-hybridized carbons (Fsp3) is 0.278. The summed E-state index contributed by atoms with van der Waals surface area (Å²) < 4.78 is 4.99. The van der Waals surface area contributed by atoms with Crippen molar-refractivity contribution in [3.05, 3.63) is 45.8 Å². The highest BCUT2D eigenvalue weighted by Gasteiger charge is 2.22. The van der Waals surface area contributed by atoms with Crippen molar-refractivity contribution in [2.75, 3.05) is 17.7 Å². The highest BCUT2D eigenvalue weighted by molar-refractivity contribution is 8.00. The van der Waals surface area contributed by atoms with Gasteiger partial charge in [-0.05, 0) is 38.0 Å². The summed E-state index contributed by atoms with van der Waals surface area (Å²) in [6.45, 7) is 5.64. The van der Waals surface area contributed by atoms with Gasteiger partial charge in [0, 0.05) is 4.90 Å². The Hall–Kier alpha value is -2.30. The number of carbonyl (C=O) groups is 2. The maximum absolute atomic E-state index is 12.2. The lowest BCUT2D eigenvalue weighted by Crippen LogP contribution is -2.13. The van der Waals surface area contributed by atoms with Crippen LogP contribution in [0.4, 0.5) is 5.00 Å². The SMILES string of the molecule is CCOC(=O)c1sc(NC(=O)CSc2ccccc2C)c(C#N)c1C. The molecule has 0 atom stereocenters. The van der Waals surface area contributed by atoms with Crippen LogP contribution >= 0.6 is 23.1 Å². The van der Waals surface area contributed by atoms with Crippen molar-refractivity contribution in [1.29, 1.82) is 5.26 Å². The van der Waals surface area contributed by atoms with E-state index < -0.39 is 5.97 Å². The number of nitrogens with one attached hydrogen (secondary N) is 1. The zero-order valence-electron chi connectivity index (χ0n) is 14.2. The molecule has 1 amide bonds. The molecule has 130 valence electrons. The molecule has 2 rings (SSSR count). The molecule has 0 aliphatic heterocycles. The summed E-state index contributed by atoms with van der Waals surface area (Å²) >= 11 is 2.50. The van der Waals surface area contributed by atoms with Gasteiger partial charge in [-0.2, -0.15) is 5.26 Å². The van der Waals surface area contributed by atoms with E-state index in [0.717, 1.165) is 21.8 Å². The Labute approximate surface area is 155 Å². The molecule has 0 saturated carbocycles. The summed E-state index contributed by atoms with van der Waals surface area (Å²) in [5.74, 6) is -0.473. The Bertz CT molecular complexity index is 837. The molecule has 5 nitrogen and oxygen atoms in total. The van der Waals surface area contributed by atoms with Gasteiger partial charge in [0.1, 0.15) is 15.9 Å². The minimum Gasteiger partial charge on any atom is -0.462 e. The number of thiophene rings is 1. The first-order valence-electron chi connectivity index (χ1n) is 7.66. The third kappa shape index (κ3) is 4.62. The molecular formula is C18H18N2O3S2. The summed E-state index contributed by atoms with van der Waals surface area (Å²) in [6.07, 6.45) is 0. The fourth-order valence-electron chi connectivity index (χ4n) is 2.15. The molecule has 1 aromatic heterocycles. The van der Waals surface area contributed by atoms with Gasteiger partial charge in [0.2, 0.25) is 5.91 Å². The molecule has 0 unspecified atom stereocenters. The standard InChI is InChI=1S/C18H18N2O3S2/c1-4-23-18(22)16-12(3)13(9-19)17(25-16)20-15(21)10-24-14-8-6-5-7-11(14)2/h5-8H,4,10H2,1-3H3,(H,20,21). The molecule has 25 heavy (non-hydrogen) atoms. The summed E-state index contributed by atoms with van der Waals surface area (Å²) in [5.41, 5.74) is 1.95. The molecule has 0 radical (unpaired) electrons. The molecular weight excluding hydrogens is 356 g/mol. The van der Waals surface area contributed by atoms with Crippen LogP contribution in [0.2, 0.25) is 0 Å². The lowest BCUT2D eigenvalue weighted by Gasteiger charge is -2.05. The smallest absolute Gasteiger partial charge is 0.348 e. The first-order chi connectivity index (χ1) is 12.0. The highest BCUT2D eigenvalue weighted by Crippen LogP contribution is 2.33. The number of esters is 1. The molecule has 1 heterocycles. The number of nitrogens with zero attached hydrogens (tertiary/aromatic N) is 1. The Morgan fingerprint density at radius 3 is 2.68 bits per heavy atom. The third-order valence-corrected chi connectivity index (χ3v) is 5.79. The van der Waals surface area contributed by atoms with Crippen molar-refractivity contribution in [3.8, 4) is 6.07 Å². The molecule has 0 saturated heterocycles. The Morgan fingerprint density at radius 1 is 1.32 bits per heavy atom. The second-order valence-corrected chi connectivity index (χ2v) is 7.23. The van der Waals surface area contributed by atoms with Crippen LogP contribution in [-0.4, -0.2) is 24.2 Å². The van der Waals surface area contributed by atoms with E-state index in [0.29, 0.717) is 21.0 Å². The summed E-state index contributed by atoms with van der Waals surface area (Å²) in [6, 6.07) is 9.87. The summed E-state index contributed by atoms with van der Waals surface area (Å²) in [5, 5.41) is 12.5. The van der Waals surface area contributed by atoms with E-state index in [2.05, 4.69) is 11.4 Å². The van der Waals surface area contributed by atoms with Crippen LogP contribution in [0.25, 0.3) is 0 Å². The van der Waals surface area contributed by atoms with Crippen molar-refractivity contribution in [2.24, 2.45) is 0 Å². The zero-order chi connectivity index (χ0) is 18.4. The van der Waals surface area contributed by atoms with Crippen LogP contribution < -0.4 is 5.32 Å². The summed E-state index contributed by atoms with van der Waals surface area (Å²) in [7, 11) is 0. The number of nitriles is 1. The quantitative estimate of drug-likeness (QED) is 0.607. The van der Waals surface area contributed by atoms with Crippen molar-refractivity contribution < 1.29 is 14.3 Å². The number of benzene rings is 1. The van der Waals surface area contributed by atoms with Crippen LogP contribution in [0.1, 0.15) is 33.3 Å². The number of carbonyl (C=O) groups excluding carboxylic acids is 2. The van der Waals surface area contributed by atoms with E-state index in [4.69, 9.17) is 4.74 Å². The molecule has 0 bridgehead atoms. The second-order valence-electron chi connectivity index (χ2n) is 5.19. The molecule has 0 spiro atoms. The van der Waals surface area contributed by atoms with E-state index in [1.54, 1.807) is 13.8 Å². The van der Waals surface area contributed by atoms with E-state index in [1.807, 2.05) is 31.2 Å². The van der Waals surface area contributed by atoms with Crippen LogP contribution in [0, 0.1) is 25.2 Å². The van der Waals surface area contributed by atoms with Gasteiger partial charge in [0.15, 0.2) is 0 Å². The number of thioether (sulfide) groups is 1. The minimum absolute atomic E-state index is 0.221. The van der Waals surface area contributed by atoms with Gasteiger partial charge < -0.3 is 10.1 Å². The highest BCUT2D eigenvalue weighted by atomic mass is 32.2. The summed E-state index contributed by atoms with van der Waals surface area (Å²) in [4.78, 5) is 25.6. The number of ether oxygens (including phenoxy) is 1. The maximum atomic E-state index is 12.2. The molecule has 2 aromatic rings. The van der Waals surface area contributed by atoms with Crippen LogP contribution in [-0.2, 0) is 9.53 Å². The lowest BCUT2D eigenvalue weighted by atomic mass is 10.2. The van der Waals surface area contributed by atoms with Crippen molar-refractivity contribution in [1.82, 2.24) is 0 Å². The van der Waals surface area contributed by atoms with Crippen molar-refractivity contribution in [3.63, 3.8) is 0 Å². The van der Waals surface area contributed by atoms with Crippen molar-refractivity contribution >= 4 is 40.0 Å². The van der Waals surface area contributed by atoms with Gasteiger partial charge in [0.25, 0.3) is 0 Å². The van der Waals surface area contributed by atoms with Crippen LogP contribution in [0.15, 0.2) is 29.2 Å². The minimum atomic E-state index is -0.476. The molecule has 0 aliphatic rings. The van der Waals surface area contributed by atoms with E-state index in [9.17, 15) is 14.9 Å². The van der Waals surface area contributed by atoms with E-state index >= 15 is 0 Å². The first-order valence-corrected chi connectivity index (χ1v) is 9.47. The average Bonchev–Trinajstić information content (AvgIpc) is 2.90. The Kier molecular flexibility index (Phi) is 6.62. The van der Waals surface area contributed by atoms with Crippen LogP contribution in [0.5, 0.6) is 0 Å². The fourth-order valence-corrected chi connectivity index (χ4v) is 4.05. The molecule has 1 aromatic carbocycles. The van der Waals surface area contributed by atoms with Gasteiger partial charge in [-0.15, -0.1) is 23.1 Å². The number of aryl methyl sites for hydroxylation is 1. The maximum Gasteiger partial charge on any atom is 0.348 e. The molecule has 0 aliphatic carbocycles. The van der Waals surface area contributed by atoms with Gasteiger partial charge >= 0.3 is 5.97 Å². The zero-order valence-corrected chi connectivity index (χ0v) is 15.8. The molecule has 1 N–H and O–H groups in total. The lowest BCUT2D eigenvalue weighted by molar-refractivity contribution is -0.113. The van der Waals surface area contributed by atoms with Crippen molar-refractivity contribution in [2.45, 2.75) is 25.7 Å². The number of rotatable bonds is 6. The number of hydrogen-bond donors (Lipinski definition) is 1. The third-order valence-electron chi connectivity index (χ3n) is 3.42. The van der Waals surface area contributed by atoms with Gasteiger partial charge in [-0.3, -0.25) is 4.79 Å². The monoisotopic (exact) mass is 374 g/mol. The Morgan fingerprint density at radius 2 is 2.04 bits per heavy atom.